The topological polar surface area (TPSA) is 81.3 Å². The van der Waals surface area contributed by atoms with E-state index >= 15 is 0 Å². The number of halogens is 1. The highest BCUT2D eigenvalue weighted by Crippen LogP contribution is 2.30. The normalized spacial score (nSPS) is 11.2. The molecule has 9 heteroatoms. The summed E-state index contributed by atoms with van der Waals surface area (Å²) in [4.78, 5) is 34.9. The Labute approximate surface area is 173 Å². The van der Waals surface area contributed by atoms with Crippen molar-refractivity contribution >= 4 is 38.9 Å². The Bertz CT molecular complexity index is 1450. The Morgan fingerprint density at radius 2 is 1.93 bits per heavy atom. The first-order chi connectivity index (χ1) is 14.6. The summed E-state index contributed by atoms with van der Waals surface area (Å²) in [5.74, 6) is -0.288. The monoisotopic (exact) mass is 419 g/mol. The molecule has 0 aliphatic carbocycles. The minimum Gasteiger partial charge on any atom is -0.308 e. The van der Waals surface area contributed by atoms with E-state index in [1.165, 1.54) is 34.4 Å². The fourth-order valence-corrected chi connectivity index (χ4v) is 3.97. The van der Waals surface area contributed by atoms with Gasteiger partial charge in [0.05, 0.1) is 17.2 Å². The van der Waals surface area contributed by atoms with Gasteiger partial charge in [0.25, 0.3) is 5.56 Å². The van der Waals surface area contributed by atoms with Crippen molar-refractivity contribution in [1.82, 2.24) is 18.9 Å². The number of carbonyl (C=O) groups excluding carboxylic acids is 1. The molecule has 0 aliphatic heterocycles. The Kier molecular flexibility index (Phi) is 4.36. The SMILES string of the molecule is O=C(Cn1cnc2ccccc2c1=O)Nc1c(-c2ccc(F)cc2)nc2sccn12. The van der Waals surface area contributed by atoms with Crippen LogP contribution in [0.25, 0.3) is 27.1 Å². The first-order valence-corrected chi connectivity index (χ1v) is 9.93. The van der Waals surface area contributed by atoms with Gasteiger partial charge in [-0.05, 0) is 36.4 Å². The second-order valence-electron chi connectivity index (χ2n) is 6.61. The Hall–Kier alpha value is -3.85. The molecule has 148 valence electrons. The van der Waals surface area contributed by atoms with Gasteiger partial charge in [0, 0.05) is 17.1 Å². The standard InChI is InChI=1S/C21H14FN5O2S/c22-14-7-5-13(6-8-14)18-19(27-9-10-30-21(27)25-18)24-17(28)11-26-12-23-16-4-2-1-3-15(16)20(26)29/h1-10,12H,11H2,(H,24,28). The van der Waals surface area contributed by atoms with Gasteiger partial charge in [-0.25, -0.2) is 14.4 Å². The largest absolute Gasteiger partial charge is 0.308 e. The lowest BCUT2D eigenvalue weighted by Crippen LogP contribution is -2.28. The average Bonchev–Trinajstić information content (AvgIpc) is 3.34. The third-order valence-corrected chi connectivity index (χ3v) is 5.44. The lowest BCUT2D eigenvalue weighted by atomic mass is 10.1. The van der Waals surface area contributed by atoms with E-state index in [-0.39, 0.29) is 17.9 Å². The van der Waals surface area contributed by atoms with E-state index in [9.17, 15) is 14.0 Å². The maximum absolute atomic E-state index is 13.3. The summed E-state index contributed by atoms with van der Waals surface area (Å²) in [6.45, 7) is -0.198. The van der Waals surface area contributed by atoms with Gasteiger partial charge in [0.15, 0.2) is 4.96 Å². The third-order valence-electron chi connectivity index (χ3n) is 4.68. The van der Waals surface area contributed by atoms with E-state index in [0.29, 0.717) is 32.9 Å². The Balaban J connectivity index is 1.48. The fraction of sp³-hybridized carbons (Fsp3) is 0.0476. The van der Waals surface area contributed by atoms with Crippen LogP contribution < -0.4 is 10.9 Å². The Morgan fingerprint density at radius 1 is 1.13 bits per heavy atom. The van der Waals surface area contributed by atoms with Crippen molar-refractivity contribution in [2.75, 3.05) is 5.32 Å². The second-order valence-corrected chi connectivity index (χ2v) is 7.49. The number of aromatic nitrogens is 4. The lowest BCUT2D eigenvalue weighted by Gasteiger charge is -2.09. The van der Waals surface area contributed by atoms with Gasteiger partial charge in [-0.3, -0.25) is 18.6 Å². The molecule has 0 fully saturated rings. The summed E-state index contributed by atoms with van der Waals surface area (Å²) >= 11 is 1.42. The summed E-state index contributed by atoms with van der Waals surface area (Å²) in [6, 6.07) is 12.9. The summed E-state index contributed by atoms with van der Waals surface area (Å²) in [5.41, 5.74) is 1.49. The summed E-state index contributed by atoms with van der Waals surface area (Å²) in [6.07, 6.45) is 3.15. The number of nitrogens with zero attached hydrogens (tertiary/aromatic N) is 4. The predicted octanol–water partition coefficient (Wildman–Crippen LogP) is 3.55. The third kappa shape index (κ3) is 3.15. The van der Waals surface area contributed by atoms with E-state index in [2.05, 4.69) is 15.3 Å². The molecule has 3 heterocycles. The lowest BCUT2D eigenvalue weighted by molar-refractivity contribution is -0.116. The smallest absolute Gasteiger partial charge is 0.261 e. The van der Waals surface area contributed by atoms with E-state index in [4.69, 9.17) is 0 Å². The second kappa shape index (κ2) is 7.20. The van der Waals surface area contributed by atoms with Crippen LogP contribution in [0.2, 0.25) is 0 Å². The zero-order chi connectivity index (χ0) is 20.7. The number of nitrogens with one attached hydrogen (secondary N) is 1. The van der Waals surface area contributed by atoms with Crippen LogP contribution >= 0.6 is 11.3 Å². The number of amides is 1. The van der Waals surface area contributed by atoms with Crippen molar-refractivity contribution in [3.05, 3.63) is 82.6 Å². The molecule has 30 heavy (non-hydrogen) atoms. The number of hydrogen-bond acceptors (Lipinski definition) is 5. The van der Waals surface area contributed by atoms with Crippen LogP contribution in [0.15, 0.2) is 71.2 Å². The van der Waals surface area contributed by atoms with Crippen molar-refractivity contribution in [2.24, 2.45) is 0 Å². The van der Waals surface area contributed by atoms with Crippen molar-refractivity contribution in [2.45, 2.75) is 6.54 Å². The number of imidazole rings is 1. The number of benzene rings is 2. The van der Waals surface area contributed by atoms with Crippen LogP contribution in [0.4, 0.5) is 10.2 Å². The van der Waals surface area contributed by atoms with Gasteiger partial charge in [0.1, 0.15) is 23.9 Å². The molecule has 0 saturated carbocycles. The predicted molar refractivity (Wildman–Crippen MR) is 113 cm³/mol. The molecule has 0 spiro atoms. The van der Waals surface area contributed by atoms with Gasteiger partial charge >= 0.3 is 0 Å². The number of carbonyl (C=O) groups is 1. The van der Waals surface area contributed by atoms with Crippen LogP contribution in [0.1, 0.15) is 0 Å². The van der Waals surface area contributed by atoms with Gasteiger partial charge in [0.2, 0.25) is 5.91 Å². The fourth-order valence-electron chi connectivity index (χ4n) is 3.26. The van der Waals surface area contributed by atoms with E-state index < -0.39 is 5.91 Å². The quantitative estimate of drug-likeness (QED) is 0.483. The molecule has 1 amide bonds. The Morgan fingerprint density at radius 3 is 2.77 bits per heavy atom. The first-order valence-electron chi connectivity index (χ1n) is 9.06. The molecule has 7 nitrogen and oxygen atoms in total. The first kappa shape index (κ1) is 18.2. The minimum absolute atomic E-state index is 0.198. The van der Waals surface area contributed by atoms with Crippen LogP contribution in [0.3, 0.4) is 0 Å². The van der Waals surface area contributed by atoms with Crippen LogP contribution in [-0.2, 0) is 11.3 Å². The van der Waals surface area contributed by atoms with Crippen LogP contribution in [0.5, 0.6) is 0 Å². The van der Waals surface area contributed by atoms with Gasteiger partial charge in [-0.1, -0.05) is 12.1 Å². The van der Waals surface area contributed by atoms with Crippen molar-refractivity contribution in [1.29, 1.82) is 0 Å². The molecule has 3 aromatic heterocycles. The number of thiazole rings is 1. The number of rotatable bonds is 4. The van der Waals surface area contributed by atoms with E-state index in [1.807, 2.05) is 5.38 Å². The van der Waals surface area contributed by atoms with Crippen LogP contribution in [0, 0.1) is 5.82 Å². The molecule has 0 bridgehead atoms. The number of hydrogen-bond donors (Lipinski definition) is 1. The minimum atomic E-state index is -0.398. The zero-order valence-electron chi connectivity index (χ0n) is 15.4. The zero-order valence-corrected chi connectivity index (χ0v) is 16.3. The number of fused-ring (bicyclic) bond motifs is 2. The molecule has 0 radical (unpaired) electrons. The molecule has 2 aromatic carbocycles. The highest BCUT2D eigenvalue weighted by Gasteiger charge is 2.18. The summed E-state index contributed by atoms with van der Waals surface area (Å²) in [5, 5.41) is 5.14. The molecule has 1 N–H and O–H groups in total. The van der Waals surface area contributed by atoms with Crippen molar-refractivity contribution in [3.63, 3.8) is 0 Å². The molecule has 0 saturated heterocycles. The molecule has 0 atom stereocenters. The molecular formula is C21H14FN5O2S. The van der Waals surface area contributed by atoms with E-state index in [1.54, 1.807) is 47.0 Å². The number of para-hydroxylation sites is 1. The maximum atomic E-state index is 13.3. The van der Waals surface area contributed by atoms with Crippen LogP contribution in [-0.4, -0.2) is 24.8 Å². The molecule has 5 aromatic rings. The van der Waals surface area contributed by atoms with Gasteiger partial charge in [-0.15, -0.1) is 11.3 Å². The molecule has 0 aliphatic rings. The summed E-state index contributed by atoms with van der Waals surface area (Å²) in [7, 11) is 0. The number of anilines is 1. The highest BCUT2D eigenvalue weighted by atomic mass is 32.1. The van der Waals surface area contributed by atoms with Crippen molar-refractivity contribution < 1.29 is 9.18 Å². The van der Waals surface area contributed by atoms with E-state index in [0.717, 1.165) is 0 Å². The van der Waals surface area contributed by atoms with Gasteiger partial charge < -0.3 is 5.32 Å². The van der Waals surface area contributed by atoms with Gasteiger partial charge in [-0.2, -0.15) is 0 Å². The summed E-state index contributed by atoms with van der Waals surface area (Å²) < 4.78 is 16.3. The maximum Gasteiger partial charge on any atom is 0.261 e. The molecule has 0 unspecified atom stereocenters. The van der Waals surface area contributed by atoms with Crippen molar-refractivity contribution in [3.8, 4) is 11.3 Å². The average molecular weight is 419 g/mol. The molecule has 5 rings (SSSR count). The highest BCUT2D eigenvalue weighted by molar-refractivity contribution is 7.15. The molecular weight excluding hydrogens is 405 g/mol.